The minimum Gasteiger partial charge on any atom is -0.461 e. The molecule has 0 aromatic heterocycles. The highest BCUT2D eigenvalue weighted by molar-refractivity contribution is 5.84. The van der Waals surface area contributed by atoms with Gasteiger partial charge in [-0.15, -0.1) is 0 Å². The number of esters is 1. The van der Waals surface area contributed by atoms with Gasteiger partial charge in [0.15, 0.2) is 0 Å². The highest BCUT2D eigenvalue weighted by Crippen LogP contribution is 2.38. The summed E-state index contributed by atoms with van der Waals surface area (Å²) in [7, 11) is 0. The normalized spacial score (nSPS) is 11.3. The van der Waals surface area contributed by atoms with Crippen molar-refractivity contribution in [2.75, 3.05) is 22.9 Å². The molecule has 3 rings (SSSR count). The molecule has 6 nitrogen and oxygen atoms in total. The molecule has 1 N–H and O–H groups in total. The maximum atomic E-state index is 11.7. The Balaban J connectivity index is 2.07. The van der Waals surface area contributed by atoms with E-state index in [4.69, 9.17) is 9.47 Å². The van der Waals surface area contributed by atoms with Crippen LogP contribution in [0.15, 0.2) is 98.1 Å². The fraction of sp³-hybridized carbons (Fsp3) is 0.179. The van der Waals surface area contributed by atoms with E-state index < -0.39 is 12.3 Å². The Morgan fingerprint density at radius 2 is 1.44 bits per heavy atom. The fourth-order valence-corrected chi connectivity index (χ4v) is 3.58. The van der Waals surface area contributed by atoms with Gasteiger partial charge in [-0.3, -0.25) is 0 Å². The second kappa shape index (κ2) is 11.7. The largest absolute Gasteiger partial charge is 0.461 e. The van der Waals surface area contributed by atoms with Crippen LogP contribution in [0.2, 0.25) is 0 Å². The lowest BCUT2D eigenvalue weighted by Gasteiger charge is -2.27. The Morgan fingerprint density at radius 3 is 2.00 bits per heavy atom. The lowest BCUT2D eigenvalue weighted by Crippen LogP contribution is -2.21. The molecule has 1 unspecified atom stereocenters. The summed E-state index contributed by atoms with van der Waals surface area (Å²) in [4.78, 5) is 16.0. The fourth-order valence-electron chi connectivity index (χ4n) is 3.58. The standard InChI is InChI=1S/C28H30N2O4/c1-5-27(31)33-25-13-9-11-23(19-25)30(22-17-15-21(16-18-22)29(7-3)8-4)24-12-10-14-26(20-24)34-28(32)6-2/h5-6,9-20,27,31H,1-2,7-8H2,3-4H3. The van der Waals surface area contributed by atoms with Gasteiger partial charge < -0.3 is 24.4 Å². The molecule has 0 saturated heterocycles. The smallest absolute Gasteiger partial charge is 0.335 e. The van der Waals surface area contributed by atoms with Crippen LogP contribution in [-0.2, 0) is 4.79 Å². The van der Waals surface area contributed by atoms with Crippen LogP contribution < -0.4 is 19.3 Å². The van der Waals surface area contributed by atoms with Crippen LogP contribution >= 0.6 is 0 Å². The third-order valence-corrected chi connectivity index (χ3v) is 5.23. The molecule has 0 radical (unpaired) electrons. The molecule has 0 fully saturated rings. The Labute approximate surface area is 201 Å². The average molecular weight is 459 g/mol. The first-order valence-corrected chi connectivity index (χ1v) is 11.2. The van der Waals surface area contributed by atoms with Crippen LogP contribution in [0.4, 0.5) is 22.7 Å². The zero-order chi connectivity index (χ0) is 24.5. The Hall–Kier alpha value is -4.03. The van der Waals surface area contributed by atoms with Gasteiger partial charge in [0.2, 0.25) is 6.29 Å². The number of ether oxygens (including phenoxy) is 2. The lowest BCUT2D eigenvalue weighted by molar-refractivity contribution is -0.128. The number of anilines is 4. The molecule has 0 saturated carbocycles. The van der Waals surface area contributed by atoms with Gasteiger partial charge in [-0.1, -0.05) is 25.3 Å². The van der Waals surface area contributed by atoms with Crippen LogP contribution in [0.5, 0.6) is 11.5 Å². The van der Waals surface area contributed by atoms with E-state index in [2.05, 4.69) is 44.0 Å². The third-order valence-electron chi connectivity index (χ3n) is 5.23. The molecule has 0 heterocycles. The summed E-state index contributed by atoms with van der Waals surface area (Å²) in [5, 5.41) is 9.83. The van der Waals surface area contributed by atoms with Gasteiger partial charge in [-0.05, 0) is 68.5 Å². The van der Waals surface area contributed by atoms with Crippen molar-refractivity contribution < 1.29 is 19.4 Å². The molecule has 0 aliphatic rings. The minimum absolute atomic E-state index is 0.404. The number of carbonyl (C=O) groups excluding carboxylic acids is 1. The highest BCUT2D eigenvalue weighted by atomic mass is 16.6. The molecule has 176 valence electrons. The topological polar surface area (TPSA) is 62.2 Å². The van der Waals surface area contributed by atoms with Gasteiger partial charge in [0, 0.05) is 54.0 Å². The molecular weight excluding hydrogens is 428 g/mol. The van der Waals surface area contributed by atoms with Crippen molar-refractivity contribution in [3.63, 3.8) is 0 Å². The van der Waals surface area contributed by atoms with Crippen LogP contribution in [0.3, 0.4) is 0 Å². The van der Waals surface area contributed by atoms with Crippen LogP contribution in [0, 0.1) is 0 Å². The number of aliphatic hydroxyl groups excluding tert-OH is 1. The lowest BCUT2D eigenvalue weighted by atomic mass is 10.1. The summed E-state index contributed by atoms with van der Waals surface area (Å²) in [6.45, 7) is 13.1. The van der Waals surface area contributed by atoms with Crippen molar-refractivity contribution in [2.45, 2.75) is 20.1 Å². The summed E-state index contributed by atoms with van der Waals surface area (Å²) < 4.78 is 10.9. The molecule has 3 aromatic rings. The first kappa shape index (κ1) is 24.6. The monoisotopic (exact) mass is 458 g/mol. The molecule has 3 aromatic carbocycles. The number of carbonyl (C=O) groups is 1. The SMILES string of the molecule is C=CC(=O)Oc1cccc(N(c2ccc(N(CC)CC)cc2)c2cccc(OC(O)C=C)c2)c1. The van der Waals surface area contributed by atoms with Gasteiger partial charge in [0.1, 0.15) is 11.5 Å². The Kier molecular flexibility index (Phi) is 8.48. The van der Waals surface area contributed by atoms with Crippen molar-refractivity contribution in [3.8, 4) is 11.5 Å². The Bertz CT molecular complexity index is 1120. The zero-order valence-corrected chi connectivity index (χ0v) is 19.6. The summed E-state index contributed by atoms with van der Waals surface area (Å²) in [5.74, 6) is 0.367. The summed E-state index contributed by atoms with van der Waals surface area (Å²) in [6, 6.07) is 22.9. The van der Waals surface area contributed by atoms with Gasteiger partial charge in [-0.2, -0.15) is 0 Å². The second-order valence-electron chi connectivity index (χ2n) is 7.39. The van der Waals surface area contributed by atoms with E-state index in [1.807, 2.05) is 47.4 Å². The van der Waals surface area contributed by atoms with Gasteiger partial charge in [0.25, 0.3) is 0 Å². The number of benzene rings is 3. The maximum Gasteiger partial charge on any atom is 0.335 e. The molecule has 0 amide bonds. The van der Waals surface area contributed by atoms with Gasteiger partial charge >= 0.3 is 5.97 Å². The van der Waals surface area contributed by atoms with E-state index in [1.165, 1.54) is 6.08 Å². The van der Waals surface area contributed by atoms with E-state index in [-0.39, 0.29) is 0 Å². The summed E-state index contributed by atoms with van der Waals surface area (Å²) >= 11 is 0. The third kappa shape index (κ3) is 6.05. The van der Waals surface area contributed by atoms with E-state index in [0.29, 0.717) is 11.5 Å². The van der Waals surface area contributed by atoms with Crippen molar-refractivity contribution in [1.82, 2.24) is 0 Å². The average Bonchev–Trinajstić information content (AvgIpc) is 2.86. The number of rotatable bonds is 11. The van der Waals surface area contributed by atoms with Crippen molar-refractivity contribution in [3.05, 3.63) is 98.1 Å². The summed E-state index contributed by atoms with van der Waals surface area (Å²) in [5.41, 5.74) is 3.63. The molecule has 0 aliphatic heterocycles. The molecule has 6 heteroatoms. The van der Waals surface area contributed by atoms with E-state index in [1.54, 1.807) is 18.2 Å². The maximum absolute atomic E-state index is 11.7. The molecule has 0 bridgehead atoms. The van der Waals surface area contributed by atoms with Crippen molar-refractivity contribution >= 4 is 28.7 Å². The van der Waals surface area contributed by atoms with Gasteiger partial charge in [-0.25, -0.2) is 4.79 Å². The number of hydrogen-bond acceptors (Lipinski definition) is 6. The van der Waals surface area contributed by atoms with Gasteiger partial charge in [0.05, 0.1) is 0 Å². The quantitative estimate of drug-likeness (QED) is 0.125. The first-order valence-electron chi connectivity index (χ1n) is 11.2. The predicted molar refractivity (Wildman–Crippen MR) is 137 cm³/mol. The van der Waals surface area contributed by atoms with Crippen LogP contribution in [0.1, 0.15) is 13.8 Å². The van der Waals surface area contributed by atoms with E-state index >= 15 is 0 Å². The Morgan fingerprint density at radius 1 is 0.882 bits per heavy atom. The summed E-state index contributed by atoms with van der Waals surface area (Å²) in [6.07, 6.45) is 1.33. The van der Waals surface area contributed by atoms with Crippen molar-refractivity contribution in [2.24, 2.45) is 0 Å². The first-order chi connectivity index (χ1) is 16.5. The van der Waals surface area contributed by atoms with Crippen LogP contribution in [0.25, 0.3) is 0 Å². The minimum atomic E-state index is -1.11. The number of hydrogen-bond donors (Lipinski definition) is 1. The second-order valence-corrected chi connectivity index (χ2v) is 7.39. The number of aliphatic hydroxyl groups is 1. The van der Waals surface area contributed by atoms with E-state index in [9.17, 15) is 9.90 Å². The highest BCUT2D eigenvalue weighted by Gasteiger charge is 2.16. The van der Waals surface area contributed by atoms with Crippen LogP contribution in [-0.4, -0.2) is 30.5 Å². The molecule has 0 aliphatic carbocycles. The molecule has 0 spiro atoms. The zero-order valence-electron chi connectivity index (χ0n) is 19.6. The molecule has 1 atom stereocenters. The number of nitrogens with zero attached hydrogens (tertiary/aromatic N) is 2. The van der Waals surface area contributed by atoms with Crippen molar-refractivity contribution in [1.29, 1.82) is 0 Å². The van der Waals surface area contributed by atoms with E-state index in [0.717, 1.165) is 41.9 Å². The molecule has 34 heavy (non-hydrogen) atoms. The molecular formula is C28H30N2O4. The predicted octanol–water partition coefficient (Wildman–Crippen LogP) is 5.98.